The topological polar surface area (TPSA) is 125 Å². The van der Waals surface area contributed by atoms with Crippen LogP contribution in [0.5, 0.6) is 0 Å². The van der Waals surface area contributed by atoms with Crippen molar-refractivity contribution in [1.29, 1.82) is 0 Å². The van der Waals surface area contributed by atoms with E-state index in [1.54, 1.807) is 0 Å². The van der Waals surface area contributed by atoms with Gasteiger partial charge >= 0.3 is 113 Å². The zero-order valence-corrected chi connectivity index (χ0v) is 11.7. The van der Waals surface area contributed by atoms with Gasteiger partial charge in [0, 0.05) is 0 Å². The molecule has 4 N–H and O–H groups in total. The minimum absolute atomic E-state index is 0.137. The maximum absolute atomic E-state index is 11.7. The number of rotatable bonds is 3. The van der Waals surface area contributed by atoms with Crippen molar-refractivity contribution < 1.29 is 20.1 Å². The van der Waals surface area contributed by atoms with E-state index in [1.165, 1.54) is 6.20 Å². The second kappa shape index (κ2) is 5.58. The van der Waals surface area contributed by atoms with Gasteiger partial charge in [0.25, 0.3) is 0 Å². The number of aromatic nitrogens is 2. The molecule has 1 aromatic rings. The Bertz CT molecular complexity index is 570. The van der Waals surface area contributed by atoms with Gasteiger partial charge in [-0.05, 0) is 0 Å². The number of hydrogen-bond acceptors (Lipinski definition) is 6. The Hall–Kier alpha value is -0.961. The molecule has 1 aliphatic rings. The number of nitrogens with one attached hydrogen (secondary N) is 1. The molecule has 8 nitrogen and oxygen atoms in total. The molecule has 4 atom stereocenters. The summed E-state index contributed by atoms with van der Waals surface area (Å²) in [6.07, 6.45) is -3.41. The molecule has 19 heavy (non-hydrogen) atoms. The average Bonchev–Trinajstić information content (AvgIpc) is 2.67. The molecule has 2 heterocycles. The molecule has 0 aliphatic carbocycles. The Labute approximate surface area is 113 Å². The van der Waals surface area contributed by atoms with E-state index in [4.69, 9.17) is 9.84 Å². The predicted octanol–water partition coefficient (Wildman–Crippen LogP) is -3.47. The third-order valence-corrected chi connectivity index (χ3v) is 4.48. The van der Waals surface area contributed by atoms with E-state index >= 15 is 0 Å². The van der Waals surface area contributed by atoms with Gasteiger partial charge in [0.1, 0.15) is 0 Å². The van der Waals surface area contributed by atoms with Gasteiger partial charge in [-0.2, -0.15) is 0 Å². The van der Waals surface area contributed by atoms with Gasteiger partial charge in [0.15, 0.2) is 0 Å². The van der Waals surface area contributed by atoms with Crippen LogP contribution in [0.1, 0.15) is 6.23 Å². The Kier molecular flexibility index (Phi) is 4.24. The molecule has 0 bridgehead atoms. The van der Waals surface area contributed by atoms with E-state index in [2.05, 4.69) is 4.98 Å². The number of H-pyrrole nitrogens is 1. The Morgan fingerprint density at radius 3 is 2.63 bits per heavy atom. The minimum atomic E-state index is -1.35. The summed E-state index contributed by atoms with van der Waals surface area (Å²) in [7, 11) is 0. The fourth-order valence-corrected chi connectivity index (χ4v) is 2.87. The normalized spacial score (nSPS) is 30.7. The van der Waals surface area contributed by atoms with E-state index in [1.807, 2.05) is 5.82 Å². The molecule has 0 aromatic carbocycles. The van der Waals surface area contributed by atoms with Crippen LogP contribution in [0.25, 0.3) is 0 Å². The predicted molar refractivity (Wildman–Crippen MR) is 65.6 cm³/mol. The van der Waals surface area contributed by atoms with E-state index in [0.717, 1.165) is 4.57 Å². The van der Waals surface area contributed by atoms with Crippen LogP contribution in [-0.4, -0.2) is 64.7 Å². The SMILES string of the molecule is C[Se]c1cn([C@@H]2O[C@H](CO)[C@@H](O)[C@H]2O)c(=O)[nH]c1=O. The van der Waals surface area contributed by atoms with Gasteiger partial charge in [-0.3, -0.25) is 0 Å². The molecule has 1 aromatic heterocycles. The van der Waals surface area contributed by atoms with Gasteiger partial charge in [-0.15, -0.1) is 0 Å². The number of aliphatic hydroxyl groups excluding tert-OH is 3. The Morgan fingerprint density at radius 2 is 2.11 bits per heavy atom. The van der Waals surface area contributed by atoms with Crippen LogP contribution in [0, 0.1) is 0 Å². The number of nitrogens with zero attached hydrogens (tertiary/aromatic N) is 1. The summed E-state index contributed by atoms with van der Waals surface area (Å²) in [5.74, 6) is 1.81. The number of aliphatic hydroxyl groups is 3. The first-order valence-corrected chi connectivity index (χ1v) is 8.08. The van der Waals surface area contributed by atoms with Crippen molar-refractivity contribution >= 4 is 19.4 Å². The van der Waals surface area contributed by atoms with Crippen LogP contribution in [0.4, 0.5) is 0 Å². The molecule has 0 radical (unpaired) electrons. The van der Waals surface area contributed by atoms with Crippen molar-refractivity contribution in [3.05, 3.63) is 27.0 Å². The average molecular weight is 337 g/mol. The van der Waals surface area contributed by atoms with Gasteiger partial charge in [0.05, 0.1) is 0 Å². The molecule has 9 heteroatoms. The number of aromatic amines is 1. The molecule has 0 unspecified atom stereocenters. The first kappa shape index (κ1) is 14.4. The summed E-state index contributed by atoms with van der Waals surface area (Å²) in [5, 5.41) is 28.5. The first-order valence-electron chi connectivity index (χ1n) is 5.51. The van der Waals surface area contributed by atoms with Crippen molar-refractivity contribution in [2.24, 2.45) is 0 Å². The standard InChI is InChI=1S/C10H14N2O6Se/c1-19-5-2-12(10(17)11-8(5)16)9-7(15)6(14)4(3-13)18-9/h2,4,6-7,9,13-15H,3H2,1H3,(H,11,16,17)/t4-,6-,7-,9-/m1/s1. The van der Waals surface area contributed by atoms with E-state index in [9.17, 15) is 19.8 Å². The Morgan fingerprint density at radius 1 is 1.42 bits per heavy atom. The second-order valence-electron chi connectivity index (χ2n) is 4.09. The number of hydrogen-bond donors (Lipinski definition) is 4. The molecular weight excluding hydrogens is 323 g/mol. The van der Waals surface area contributed by atoms with Gasteiger partial charge in [-0.25, -0.2) is 0 Å². The molecule has 0 amide bonds. The van der Waals surface area contributed by atoms with Crippen LogP contribution >= 0.6 is 0 Å². The van der Waals surface area contributed by atoms with Gasteiger partial charge in [0.2, 0.25) is 0 Å². The molecule has 0 spiro atoms. The van der Waals surface area contributed by atoms with Crippen LogP contribution in [-0.2, 0) is 4.74 Å². The summed E-state index contributed by atoms with van der Waals surface area (Å²) in [5.41, 5.74) is -1.19. The second-order valence-corrected chi connectivity index (χ2v) is 5.87. The summed E-state index contributed by atoms with van der Waals surface area (Å²) >= 11 is -0.137. The van der Waals surface area contributed by atoms with Crippen molar-refractivity contribution in [3.63, 3.8) is 0 Å². The molecule has 1 fully saturated rings. The summed E-state index contributed by atoms with van der Waals surface area (Å²) in [4.78, 5) is 25.3. The molecular formula is C10H14N2O6Se. The van der Waals surface area contributed by atoms with Gasteiger partial charge < -0.3 is 0 Å². The quantitative estimate of drug-likeness (QED) is 0.425. The molecule has 0 saturated carbocycles. The monoisotopic (exact) mass is 338 g/mol. The van der Waals surface area contributed by atoms with Crippen LogP contribution in [0.2, 0.25) is 5.82 Å². The first-order chi connectivity index (χ1) is 8.99. The summed E-state index contributed by atoms with van der Waals surface area (Å²) < 4.78 is 6.69. The van der Waals surface area contributed by atoms with Crippen molar-refractivity contribution in [2.75, 3.05) is 6.61 Å². The van der Waals surface area contributed by atoms with Crippen LogP contribution < -0.4 is 15.7 Å². The molecule has 1 aliphatic heterocycles. The third-order valence-electron chi connectivity index (χ3n) is 2.95. The molecule has 1 saturated heterocycles. The molecule has 2 rings (SSSR count). The van der Waals surface area contributed by atoms with Crippen LogP contribution in [0.15, 0.2) is 15.8 Å². The van der Waals surface area contributed by atoms with Gasteiger partial charge in [-0.1, -0.05) is 0 Å². The van der Waals surface area contributed by atoms with E-state index < -0.39 is 42.4 Å². The maximum atomic E-state index is 11.7. The van der Waals surface area contributed by atoms with E-state index in [-0.39, 0.29) is 15.0 Å². The zero-order valence-electron chi connectivity index (χ0n) is 10.0. The van der Waals surface area contributed by atoms with E-state index in [0.29, 0.717) is 4.46 Å². The van der Waals surface area contributed by atoms with Crippen LogP contribution in [0.3, 0.4) is 0 Å². The van der Waals surface area contributed by atoms with Crippen molar-refractivity contribution in [2.45, 2.75) is 30.4 Å². The summed E-state index contributed by atoms with van der Waals surface area (Å²) in [6.45, 7) is -0.475. The zero-order chi connectivity index (χ0) is 14.2. The van der Waals surface area contributed by atoms with Crippen molar-refractivity contribution in [1.82, 2.24) is 9.55 Å². The summed E-state index contributed by atoms with van der Waals surface area (Å²) in [6, 6.07) is 0. The third kappa shape index (κ3) is 2.53. The fourth-order valence-electron chi connectivity index (χ4n) is 1.91. The Balaban J connectivity index is 2.43. The number of ether oxygens (including phenoxy) is 1. The molecule has 106 valence electrons. The van der Waals surface area contributed by atoms with Crippen molar-refractivity contribution in [3.8, 4) is 0 Å². The fraction of sp³-hybridized carbons (Fsp3) is 0.600.